The van der Waals surface area contributed by atoms with Gasteiger partial charge in [0, 0.05) is 30.8 Å². The third-order valence-electron chi connectivity index (χ3n) is 3.68. The first-order valence-electron chi connectivity index (χ1n) is 8.33. The summed E-state index contributed by atoms with van der Waals surface area (Å²) in [7, 11) is 1.76. The van der Waals surface area contributed by atoms with Crippen molar-refractivity contribution >= 4 is 23.1 Å². The highest BCUT2D eigenvalue weighted by molar-refractivity contribution is 6.28. The van der Waals surface area contributed by atoms with E-state index in [4.69, 9.17) is 5.21 Å². The Kier molecular flexibility index (Phi) is 8.95. The van der Waals surface area contributed by atoms with Crippen LogP contribution < -0.4 is 4.90 Å². The molecule has 0 saturated heterocycles. The lowest BCUT2D eigenvalue weighted by molar-refractivity contribution is -0.116. The van der Waals surface area contributed by atoms with Crippen LogP contribution in [0.15, 0.2) is 90.1 Å². The molecule has 0 radical (unpaired) electrons. The van der Waals surface area contributed by atoms with Crippen molar-refractivity contribution in [2.45, 2.75) is 13.8 Å². The minimum atomic E-state index is -0.170. The molecule has 27 heavy (non-hydrogen) atoms. The maximum Gasteiger partial charge on any atom is 0.223 e. The Balaban J connectivity index is 0.000000289. The highest BCUT2D eigenvalue weighted by Crippen LogP contribution is 2.11. The van der Waals surface area contributed by atoms with Crippen LogP contribution >= 0.6 is 0 Å². The number of para-hydroxylation sites is 1. The minimum Gasteiger partial charge on any atom is -0.410 e. The van der Waals surface area contributed by atoms with E-state index < -0.39 is 0 Å². The van der Waals surface area contributed by atoms with E-state index in [1.165, 1.54) is 19.1 Å². The molecular formula is C22H24N2O3. The Bertz CT molecular complexity index is 825. The van der Waals surface area contributed by atoms with Crippen LogP contribution in [0.1, 0.15) is 19.4 Å². The number of rotatable bonds is 5. The van der Waals surface area contributed by atoms with E-state index in [0.717, 1.165) is 5.69 Å². The molecule has 2 aromatic carbocycles. The number of oxime groups is 1. The summed E-state index contributed by atoms with van der Waals surface area (Å²) in [5, 5.41) is 12.2. The summed E-state index contributed by atoms with van der Waals surface area (Å²) in [4.78, 5) is 23.9. The van der Waals surface area contributed by atoms with Gasteiger partial charge in [-0.3, -0.25) is 9.59 Å². The third kappa shape index (κ3) is 6.74. The predicted molar refractivity (Wildman–Crippen MR) is 109 cm³/mol. The lowest BCUT2D eigenvalue weighted by atomic mass is 9.99. The van der Waals surface area contributed by atoms with E-state index in [0.29, 0.717) is 11.1 Å². The van der Waals surface area contributed by atoms with Crippen LogP contribution in [0.25, 0.3) is 0 Å². The monoisotopic (exact) mass is 364 g/mol. The number of carbonyl (C=O) groups excluding carboxylic acids is 2. The maximum atomic E-state index is 11.4. The van der Waals surface area contributed by atoms with Crippen LogP contribution in [-0.4, -0.2) is 29.7 Å². The second kappa shape index (κ2) is 11.2. The van der Waals surface area contributed by atoms with Gasteiger partial charge in [0.1, 0.15) is 5.71 Å². The average molecular weight is 364 g/mol. The quantitative estimate of drug-likeness (QED) is 0.284. The molecule has 0 fully saturated rings. The molecule has 0 heterocycles. The van der Waals surface area contributed by atoms with Gasteiger partial charge in [-0.25, -0.2) is 0 Å². The van der Waals surface area contributed by atoms with Gasteiger partial charge in [-0.15, -0.1) is 0 Å². The second-order valence-corrected chi connectivity index (χ2v) is 5.60. The maximum absolute atomic E-state index is 11.4. The van der Waals surface area contributed by atoms with Crippen molar-refractivity contribution in [2.24, 2.45) is 5.16 Å². The molecule has 2 rings (SSSR count). The Morgan fingerprint density at radius 3 is 1.93 bits per heavy atom. The molecule has 5 nitrogen and oxygen atoms in total. The first kappa shape index (κ1) is 21.6. The van der Waals surface area contributed by atoms with E-state index >= 15 is 0 Å². The van der Waals surface area contributed by atoms with Crippen LogP contribution in [0.4, 0.5) is 5.69 Å². The van der Waals surface area contributed by atoms with Gasteiger partial charge in [0.15, 0.2) is 5.78 Å². The van der Waals surface area contributed by atoms with Gasteiger partial charge in [0.05, 0.1) is 0 Å². The topological polar surface area (TPSA) is 70.0 Å². The Morgan fingerprint density at radius 2 is 1.52 bits per heavy atom. The minimum absolute atomic E-state index is 0.0520. The number of hydrogen-bond donors (Lipinski definition) is 1. The fourth-order valence-corrected chi connectivity index (χ4v) is 2.18. The summed E-state index contributed by atoms with van der Waals surface area (Å²) in [5.74, 6) is -0.118. The van der Waals surface area contributed by atoms with Gasteiger partial charge in [-0.2, -0.15) is 0 Å². The number of allylic oxidation sites excluding steroid dienone is 3. The first-order valence-corrected chi connectivity index (χ1v) is 8.33. The normalized spacial score (nSPS) is 11.1. The largest absolute Gasteiger partial charge is 0.410 e. The fraction of sp³-hybridized carbons (Fsp3) is 0.136. The number of anilines is 1. The molecule has 0 saturated carbocycles. The van der Waals surface area contributed by atoms with Crippen molar-refractivity contribution in [1.29, 1.82) is 0 Å². The summed E-state index contributed by atoms with van der Waals surface area (Å²) in [5.41, 5.74) is 2.21. The number of amides is 1. The smallest absolute Gasteiger partial charge is 0.223 e. The van der Waals surface area contributed by atoms with E-state index in [9.17, 15) is 9.59 Å². The zero-order chi connectivity index (χ0) is 20.2. The Hall–Kier alpha value is -3.47. The van der Waals surface area contributed by atoms with Crippen LogP contribution in [0.5, 0.6) is 0 Å². The lowest BCUT2D eigenvalue weighted by Gasteiger charge is -2.13. The molecule has 5 heteroatoms. The SMILES string of the molecule is C=C/C=C(C(C)=O)/C(=N\O)c1ccccc1.CC(=O)N(C)c1ccccc1. The van der Waals surface area contributed by atoms with Crippen molar-refractivity contribution < 1.29 is 14.8 Å². The van der Waals surface area contributed by atoms with Crippen LogP contribution in [0.3, 0.4) is 0 Å². The number of ketones is 1. The molecule has 0 aliphatic rings. The zero-order valence-electron chi connectivity index (χ0n) is 15.8. The molecular weight excluding hydrogens is 340 g/mol. The Morgan fingerprint density at radius 1 is 1.00 bits per heavy atom. The van der Waals surface area contributed by atoms with Gasteiger partial charge in [-0.05, 0) is 25.1 Å². The summed E-state index contributed by atoms with van der Waals surface area (Å²) in [6, 6.07) is 18.6. The fourth-order valence-electron chi connectivity index (χ4n) is 2.18. The Labute approximate surface area is 159 Å². The molecule has 0 unspecified atom stereocenters. The van der Waals surface area contributed by atoms with E-state index in [2.05, 4.69) is 11.7 Å². The van der Waals surface area contributed by atoms with Gasteiger partial charge < -0.3 is 10.1 Å². The molecule has 1 N–H and O–H groups in total. The van der Waals surface area contributed by atoms with E-state index in [1.807, 2.05) is 48.5 Å². The first-order chi connectivity index (χ1) is 12.9. The van der Waals surface area contributed by atoms with Crippen LogP contribution in [-0.2, 0) is 9.59 Å². The van der Waals surface area contributed by atoms with Crippen molar-refractivity contribution in [3.05, 3.63) is 90.5 Å². The van der Waals surface area contributed by atoms with E-state index in [-0.39, 0.29) is 17.4 Å². The van der Waals surface area contributed by atoms with Crippen molar-refractivity contribution in [3.8, 4) is 0 Å². The molecule has 2 aromatic rings. The number of carbonyl (C=O) groups is 2. The van der Waals surface area contributed by atoms with Crippen LogP contribution in [0, 0.1) is 0 Å². The summed E-state index contributed by atoms with van der Waals surface area (Å²) in [6.45, 7) is 6.50. The summed E-state index contributed by atoms with van der Waals surface area (Å²) >= 11 is 0. The average Bonchev–Trinajstić information content (AvgIpc) is 2.69. The lowest BCUT2D eigenvalue weighted by Crippen LogP contribution is -2.22. The molecule has 0 aliphatic heterocycles. The highest BCUT2D eigenvalue weighted by atomic mass is 16.4. The number of benzene rings is 2. The molecule has 1 amide bonds. The molecule has 0 aromatic heterocycles. The van der Waals surface area contributed by atoms with Gasteiger partial charge in [0.25, 0.3) is 0 Å². The van der Waals surface area contributed by atoms with Crippen LogP contribution in [0.2, 0.25) is 0 Å². The highest BCUT2D eigenvalue weighted by Gasteiger charge is 2.13. The molecule has 0 atom stereocenters. The van der Waals surface area contributed by atoms with Crippen molar-refractivity contribution in [3.63, 3.8) is 0 Å². The third-order valence-corrected chi connectivity index (χ3v) is 3.68. The molecule has 0 bridgehead atoms. The zero-order valence-corrected chi connectivity index (χ0v) is 15.8. The van der Waals surface area contributed by atoms with E-state index in [1.54, 1.807) is 31.0 Å². The summed E-state index contributed by atoms with van der Waals surface area (Å²) < 4.78 is 0. The van der Waals surface area contributed by atoms with Crippen molar-refractivity contribution in [2.75, 3.05) is 11.9 Å². The van der Waals surface area contributed by atoms with Crippen molar-refractivity contribution in [1.82, 2.24) is 0 Å². The predicted octanol–water partition coefficient (Wildman–Crippen LogP) is 4.24. The van der Waals surface area contributed by atoms with Gasteiger partial charge >= 0.3 is 0 Å². The standard InChI is InChI=1S/C13H13NO2.C9H11NO/c1-3-7-12(10(2)15)13(14-16)11-8-5-4-6-9-11;1-8(11)10(2)9-6-4-3-5-7-9/h3-9,16H,1H2,2H3;3-7H,1-2H3/b12-7+,14-13-;. The number of hydrogen-bond acceptors (Lipinski definition) is 4. The second-order valence-electron chi connectivity index (χ2n) is 5.60. The van der Waals surface area contributed by atoms with Gasteiger partial charge in [-0.1, -0.05) is 66.3 Å². The number of nitrogens with zero attached hydrogens (tertiary/aromatic N) is 2. The molecule has 140 valence electrons. The molecule has 0 spiro atoms. The number of Topliss-reactive ketones (excluding diaryl/α,β-unsaturated/α-hetero) is 1. The summed E-state index contributed by atoms with van der Waals surface area (Å²) in [6.07, 6.45) is 3.02. The molecule has 0 aliphatic carbocycles. The van der Waals surface area contributed by atoms with Gasteiger partial charge in [0.2, 0.25) is 5.91 Å².